The number of benzene rings is 1. The first-order chi connectivity index (χ1) is 18.5. The van der Waals surface area contributed by atoms with Crippen molar-refractivity contribution >= 4 is 11.9 Å². The van der Waals surface area contributed by atoms with Crippen molar-refractivity contribution in [2.45, 2.75) is 60.6 Å². The Balaban J connectivity index is 2.82. The molecule has 0 radical (unpaired) electrons. The normalized spacial score (nSPS) is 14.7. The van der Waals surface area contributed by atoms with Gasteiger partial charge in [-0.1, -0.05) is 24.3 Å². The number of carboxylic acid groups (broad SMARTS) is 2. The van der Waals surface area contributed by atoms with Crippen LogP contribution in [0.15, 0.2) is 24.3 Å². The Labute approximate surface area is 221 Å². The molecule has 42 heavy (non-hydrogen) atoms. The summed E-state index contributed by atoms with van der Waals surface area (Å²) in [6.45, 7) is -3.21. The average molecular weight is 652 g/mol. The lowest BCUT2D eigenvalue weighted by molar-refractivity contribution is -0.433. The zero-order valence-corrected chi connectivity index (χ0v) is 19.6. The second-order valence-electron chi connectivity index (χ2n) is 8.07. The van der Waals surface area contributed by atoms with Crippen LogP contribution in [0.5, 0.6) is 0 Å². The van der Waals surface area contributed by atoms with Gasteiger partial charge in [-0.15, -0.1) is 0 Å². The molecule has 1 aromatic rings. The van der Waals surface area contributed by atoms with E-state index >= 15 is 0 Å². The molecule has 1 rings (SSSR count). The monoisotopic (exact) mass is 652 g/mol. The van der Waals surface area contributed by atoms with Crippen LogP contribution < -0.4 is 10.2 Å². The van der Waals surface area contributed by atoms with Gasteiger partial charge in [0.2, 0.25) is 0 Å². The van der Waals surface area contributed by atoms with Gasteiger partial charge in [0, 0.05) is 0 Å². The molecule has 0 N–H and O–H groups in total. The Morgan fingerprint density at radius 1 is 0.500 bits per heavy atom. The van der Waals surface area contributed by atoms with Crippen molar-refractivity contribution in [3.8, 4) is 0 Å². The summed E-state index contributed by atoms with van der Waals surface area (Å²) in [5, 5.41) is 20.0. The Morgan fingerprint density at radius 3 is 0.952 bits per heavy atom. The molecule has 0 saturated heterocycles. The average Bonchev–Trinajstić information content (AvgIpc) is 2.83. The standard InChI is InChI=1S/C20H14F16O6/c21-13(22,11(37)38)15(25,26)17(29,30)19(33,34)41-7-5-9-1-2-10(4-3-9)6-8-42-20(35,36)18(31,32)16(27,28)14(23,24)12(39)40/h1-4H,5-8H2,(H,37,38)(H,39,40)/p-2. The van der Waals surface area contributed by atoms with Crippen LogP contribution in [-0.2, 0) is 31.9 Å². The predicted octanol–water partition coefficient (Wildman–Crippen LogP) is 3.30. The van der Waals surface area contributed by atoms with Crippen molar-refractivity contribution in [1.82, 2.24) is 0 Å². The maximum absolute atomic E-state index is 13.5. The molecule has 0 spiro atoms. The highest BCUT2D eigenvalue weighted by Gasteiger charge is 2.83. The molecule has 0 bridgehead atoms. The quantitative estimate of drug-likeness (QED) is 0.255. The van der Waals surface area contributed by atoms with Gasteiger partial charge in [-0.05, 0) is 24.0 Å². The maximum Gasteiger partial charge on any atom is 0.426 e. The lowest BCUT2D eigenvalue weighted by Gasteiger charge is -2.36. The van der Waals surface area contributed by atoms with E-state index in [0.29, 0.717) is 0 Å². The van der Waals surface area contributed by atoms with Crippen molar-refractivity contribution in [1.29, 1.82) is 0 Å². The Kier molecular flexibility index (Phi) is 10.2. The van der Waals surface area contributed by atoms with Crippen LogP contribution in [0.1, 0.15) is 11.1 Å². The third-order valence-corrected chi connectivity index (χ3v) is 5.19. The first kappa shape index (κ1) is 37.0. The van der Waals surface area contributed by atoms with Crippen molar-refractivity contribution < 1.29 is 99.5 Å². The van der Waals surface area contributed by atoms with E-state index in [2.05, 4.69) is 9.47 Å². The van der Waals surface area contributed by atoms with Gasteiger partial charge < -0.3 is 29.3 Å². The summed E-state index contributed by atoms with van der Waals surface area (Å²) in [7, 11) is 0. The van der Waals surface area contributed by atoms with Gasteiger partial charge in [-0.2, -0.15) is 70.2 Å². The van der Waals surface area contributed by atoms with Crippen LogP contribution in [0.25, 0.3) is 0 Å². The maximum atomic E-state index is 13.5. The molecular formula is C20H12F16O6-2. The molecule has 0 aliphatic heterocycles. The van der Waals surface area contributed by atoms with Crippen LogP contribution in [0.4, 0.5) is 70.2 Å². The highest BCUT2D eigenvalue weighted by atomic mass is 19.4. The number of carbonyl (C=O) groups excluding carboxylic acids is 2. The van der Waals surface area contributed by atoms with E-state index in [1.807, 2.05) is 0 Å². The third-order valence-electron chi connectivity index (χ3n) is 5.19. The number of halogens is 16. The van der Waals surface area contributed by atoms with Gasteiger partial charge >= 0.3 is 47.8 Å². The molecule has 0 aromatic heterocycles. The third kappa shape index (κ3) is 6.32. The number of aliphatic carboxylic acids is 2. The fourth-order valence-corrected chi connectivity index (χ4v) is 2.66. The summed E-state index contributed by atoms with van der Waals surface area (Å²) >= 11 is 0. The molecule has 1 aromatic carbocycles. The molecular weight excluding hydrogens is 640 g/mol. The molecule has 22 heteroatoms. The highest BCUT2D eigenvalue weighted by molar-refractivity contribution is 5.75. The molecule has 0 amide bonds. The van der Waals surface area contributed by atoms with Gasteiger partial charge in [-0.25, -0.2) is 0 Å². The van der Waals surface area contributed by atoms with E-state index in [-0.39, 0.29) is 11.1 Å². The van der Waals surface area contributed by atoms with Crippen LogP contribution >= 0.6 is 0 Å². The van der Waals surface area contributed by atoms with Crippen LogP contribution in [0.2, 0.25) is 0 Å². The first-order valence-electron chi connectivity index (χ1n) is 10.4. The molecule has 0 aliphatic carbocycles. The van der Waals surface area contributed by atoms with E-state index in [9.17, 15) is 90.0 Å². The molecule has 6 nitrogen and oxygen atoms in total. The van der Waals surface area contributed by atoms with E-state index in [4.69, 9.17) is 0 Å². The van der Waals surface area contributed by atoms with Gasteiger partial charge in [0.25, 0.3) is 0 Å². The van der Waals surface area contributed by atoms with Gasteiger partial charge in [0.05, 0.1) is 13.2 Å². The number of ether oxygens (including phenoxy) is 2. The molecule has 0 unspecified atom stereocenters. The fraction of sp³-hybridized carbons (Fsp3) is 0.600. The lowest BCUT2D eigenvalue weighted by Crippen LogP contribution is -2.67. The fourth-order valence-electron chi connectivity index (χ4n) is 2.66. The molecule has 242 valence electrons. The topological polar surface area (TPSA) is 98.7 Å². The van der Waals surface area contributed by atoms with Crippen LogP contribution in [0.3, 0.4) is 0 Å². The summed E-state index contributed by atoms with van der Waals surface area (Å²) in [6, 6.07) is 3.43. The highest BCUT2D eigenvalue weighted by Crippen LogP contribution is 2.54. The summed E-state index contributed by atoms with van der Waals surface area (Å²) in [6.07, 6.45) is -14.5. The number of alkyl halides is 16. The van der Waals surface area contributed by atoms with Crippen LogP contribution in [0, 0.1) is 0 Å². The molecule has 0 aliphatic rings. The number of carboxylic acids is 2. The minimum Gasteiger partial charge on any atom is -0.544 e. The van der Waals surface area contributed by atoms with E-state index in [0.717, 1.165) is 24.3 Å². The number of hydrogen-bond donors (Lipinski definition) is 0. The Morgan fingerprint density at radius 2 is 0.738 bits per heavy atom. The van der Waals surface area contributed by atoms with Gasteiger partial charge in [0.15, 0.2) is 0 Å². The second-order valence-corrected chi connectivity index (χ2v) is 8.07. The van der Waals surface area contributed by atoms with Crippen molar-refractivity contribution in [3.05, 3.63) is 35.4 Å². The minimum atomic E-state index is -7.20. The van der Waals surface area contributed by atoms with E-state index in [1.54, 1.807) is 0 Å². The van der Waals surface area contributed by atoms with Crippen molar-refractivity contribution in [3.63, 3.8) is 0 Å². The molecule has 0 saturated carbocycles. The Hall–Kier alpha value is -3.04. The smallest absolute Gasteiger partial charge is 0.426 e. The van der Waals surface area contributed by atoms with Crippen molar-refractivity contribution in [2.75, 3.05) is 13.2 Å². The summed E-state index contributed by atoms with van der Waals surface area (Å²) in [5.74, 6) is -50.3. The van der Waals surface area contributed by atoms with E-state index in [1.165, 1.54) is 0 Å². The number of rotatable bonds is 16. The van der Waals surface area contributed by atoms with Gasteiger partial charge in [0.1, 0.15) is 11.9 Å². The minimum absolute atomic E-state index is 0.202. The van der Waals surface area contributed by atoms with Crippen molar-refractivity contribution in [2.24, 2.45) is 0 Å². The first-order valence-corrected chi connectivity index (χ1v) is 10.4. The largest absolute Gasteiger partial charge is 0.544 e. The number of hydrogen-bond acceptors (Lipinski definition) is 6. The SMILES string of the molecule is O=C([O-])C(F)(F)C(F)(F)C(F)(F)C(F)(F)OCCc1ccc(CCOC(F)(F)C(F)(F)C(F)(F)C(F)(F)C(=O)[O-])cc1. The van der Waals surface area contributed by atoms with Crippen LogP contribution in [-0.4, -0.2) is 72.9 Å². The molecule has 0 fully saturated rings. The van der Waals surface area contributed by atoms with Gasteiger partial charge in [-0.3, -0.25) is 0 Å². The zero-order valence-electron chi connectivity index (χ0n) is 19.6. The second kappa shape index (κ2) is 11.6. The van der Waals surface area contributed by atoms with E-state index < -0.39 is 85.7 Å². The number of carbonyl (C=O) groups is 2. The summed E-state index contributed by atoms with van der Waals surface area (Å²) < 4.78 is 219. The molecule has 0 atom stereocenters. The lowest BCUT2D eigenvalue weighted by atomic mass is 10.0. The zero-order chi connectivity index (χ0) is 33.4. The predicted molar refractivity (Wildman–Crippen MR) is 95.3 cm³/mol. The Bertz CT molecular complexity index is 1030. The summed E-state index contributed by atoms with van der Waals surface area (Å²) in [5.41, 5.74) is -0.404. The molecule has 0 heterocycles. The summed E-state index contributed by atoms with van der Waals surface area (Å²) in [4.78, 5) is 20.0.